The Morgan fingerprint density at radius 2 is 2.00 bits per heavy atom. The highest BCUT2D eigenvalue weighted by atomic mass is 19.1. The second-order valence-electron chi connectivity index (χ2n) is 4.42. The molecule has 2 rings (SSSR count). The molecule has 1 N–H and O–H groups in total. The highest BCUT2D eigenvalue weighted by Crippen LogP contribution is 2.29. The third-order valence-electron chi connectivity index (χ3n) is 3.27. The van der Waals surface area contributed by atoms with E-state index in [1.165, 1.54) is 4.90 Å². The van der Waals surface area contributed by atoms with E-state index >= 15 is 0 Å². The topological polar surface area (TPSA) is 57.6 Å². The van der Waals surface area contributed by atoms with E-state index in [-0.39, 0.29) is 31.3 Å². The summed E-state index contributed by atoms with van der Waals surface area (Å²) in [5, 5.41) is 8.71. The van der Waals surface area contributed by atoms with Gasteiger partial charge < -0.3 is 10.0 Å². The third-order valence-corrected chi connectivity index (χ3v) is 3.27. The number of allylic oxidation sites excluding steroid dienone is 2. The normalized spacial score (nSPS) is 29.9. The zero-order valence-electron chi connectivity index (χ0n) is 8.86. The molecule has 1 amide bonds. The van der Waals surface area contributed by atoms with Gasteiger partial charge in [-0.3, -0.25) is 4.79 Å². The van der Waals surface area contributed by atoms with Gasteiger partial charge in [0, 0.05) is 18.9 Å². The van der Waals surface area contributed by atoms with Crippen molar-refractivity contribution in [1.82, 2.24) is 4.90 Å². The third kappa shape index (κ3) is 1.81. The summed E-state index contributed by atoms with van der Waals surface area (Å²) in [6.45, 7) is -0.101. The molecule has 1 saturated heterocycles. The van der Waals surface area contributed by atoms with Crippen molar-refractivity contribution in [3.05, 3.63) is 12.2 Å². The minimum Gasteiger partial charge on any atom is -0.479 e. The molecular weight excluding hydrogens is 213 g/mol. The van der Waals surface area contributed by atoms with Crippen LogP contribution < -0.4 is 0 Å². The Morgan fingerprint density at radius 1 is 1.38 bits per heavy atom. The van der Waals surface area contributed by atoms with Gasteiger partial charge in [0.25, 0.3) is 0 Å². The lowest BCUT2D eigenvalue weighted by Gasteiger charge is -2.21. The number of likely N-dealkylation sites (tertiary alicyclic amines) is 1. The molecule has 0 aromatic rings. The number of carboxylic acids is 1. The van der Waals surface area contributed by atoms with Crippen molar-refractivity contribution in [1.29, 1.82) is 0 Å². The van der Waals surface area contributed by atoms with Crippen molar-refractivity contribution < 1.29 is 19.1 Å². The number of halogens is 1. The molecule has 0 spiro atoms. The van der Waals surface area contributed by atoms with Gasteiger partial charge in [0.1, 0.15) is 0 Å². The molecule has 5 heteroatoms. The van der Waals surface area contributed by atoms with Gasteiger partial charge in [0.05, 0.1) is 6.54 Å². The molecule has 16 heavy (non-hydrogen) atoms. The molecule has 2 aliphatic rings. The largest absolute Gasteiger partial charge is 0.479 e. The van der Waals surface area contributed by atoms with Gasteiger partial charge in [0.2, 0.25) is 11.6 Å². The van der Waals surface area contributed by atoms with E-state index < -0.39 is 11.6 Å². The van der Waals surface area contributed by atoms with Crippen LogP contribution in [0, 0.1) is 5.92 Å². The van der Waals surface area contributed by atoms with Crippen LogP contribution in [0.5, 0.6) is 0 Å². The predicted molar refractivity (Wildman–Crippen MR) is 54.5 cm³/mol. The highest BCUT2D eigenvalue weighted by Gasteiger charge is 2.47. The molecule has 0 radical (unpaired) electrons. The number of hydrogen-bond acceptors (Lipinski definition) is 2. The number of nitrogens with zero attached hydrogens (tertiary/aromatic N) is 1. The van der Waals surface area contributed by atoms with Crippen molar-refractivity contribution in [3.8, 4) is 0 Å². The van der Waals surface area contributed by atoms with E-state index in [9.17, 15) is 14.0 Å². The molecule has 1 aliphatic carbocycles. The van der Waals surface area contributed by atoms with Gasteiger partial charge in [-0.25, -0.2) is 9.18 Å². The summed E-state index contributed by atoms with van der Waals surface area (Å²) in [4.78, 5) is 23.9. The zero-order valence-corrected chi connectivity index (χ0v) is 8.86. The van der Waals surface area contributed by atoms with Gasteiger partial charge in [-0.2, -0.15) is 0 Å². The van der Waals surface area contributed by atoms with Crippen LogP contribution in [0.3, 0.4) is 0 Å². The first-order chi connectivity index (χ1) is 7.53. The Kier molecular flexibility index (Phi) is 2.69. The predicted octanol–water partition coefficient (Wildman–Crippen LogP) is 0.978. The first-order valence-electron chi connectivity index (χ1n) is 5.39. The van der Waals surface area contributed by atoms with E-state index in [0.717, 1.165) is 0 Å². The number of aliphatic carboxylic acids is 1. The molecule has 0 saturated carbocycles. The van der Waals surface area contributed by atoms with E-state index in [1.807, 2.05) is 12.2 Å². The average molecular weight is 227 g/mol. The molecule has 0 aromatic carbocycles. The van der Waals surface area contributed by atoms with Gasteiger partial charge in [-0.1, -0.05) is 12.2 Å². The van der Waals surface area contributed by atoms with Crippen LogP contribution in [0.1, 0.15) is 19.3 Å². The first-order valence-corrected chi connectivity index (χ1v) is 5.39. The lowest BCUT2D eigenvalue weighted by Crippen LogP contribution is -2.40. The Morgan fingerprint density at radius 3 is 2.50 bits per heavy atom. The standard InChI is InChI=1S/C11H14FNO3/c12-11(10(15)16)5-6-13(7-11)9(14)8-3-1-2-4-8/h1-2,8H,3-7H2,(H,15,16)/t11-/m0/s1. The van der Waals surface area contributed by atoms with Crippen LogP contribution in [0.25, 0.3) is 0 Å². The van der Waals surface area contributed by atoms with Crippen LogP contribution in [0.4, 0.5) is 4.39 Å². The molecule has 1 aliphatic heterocycles. The molecule has 88 valence electrons. The van der Waals surface area contributed by atoms with Gasteiger partial charge >= 0.3 is 5.97 Å². The van der Waals surface area contributed by atoms with Crippen molar-refractivity contribution >= 4 is 11.9 Å². The molecular formula is C11H14FNO3. The van der Waals surface area contributed by atoms with Crippen LogP contribution >= 0.6 is 0 Å². The smallest absolute Gasteiger partial charge is 0.343 e. The quantitative estimate of drug-likeness (QED) is 0.715. The molecule has 0 aromatic heterocycles. The lowest BCUT2D eigenvalue weighted by molar-refractivity contribution is -0.150. The molecule has 0 unspecified atom stereocenters. The van der Waals surface area contributed by atoms with Crippen LogP contribution in [0.15, 0.2) is 12.2 Å². The summed E-state index contributed by atoms with van der Waals surface area (Å²) >= 11 is 0. The summed E-state index contributed by atoms with van der Waals surface area (Å²) in [7, 11) is 0. The Bertz CT molecular complexity index is 347. The number of rotatable bonds is 2. The summed E-state index contributed by atoms with van der Waals surface area (Å²) in [5.41, 5.74) is -2.25. The van der Waals surface area contributed by atoms with Gasteiger partial charge in [-0.05, 0) is 12.8 Å². The monoisotopic (exact) mass is 227 g/mol. The fourth-order valence-electron chi connectivity index (χ4n) is 2.21. The van der Waals surface area contributed by atoms with Crippen molar-refractivity contribution in [2.45, 2.75) is 24.9 Å². The Balaban J connectivity index is 1.98. The average Bonchev–Trinajstić information content (AvgIpc) is 2.85. The van der Waals surface area contributed by atoms with E-state index in [2.05, 4.69) is 0 Å². The fraction of sp³-hybridized carbons (Fsp3) is 0.636. The zero-order chi connectivity index (χ0) is 11.8. The van der Waals surface area contributed by atoms with Crippen LogP contribution in [-0.2, 0) is 9.59 Å². The number of hydrogen-bond donors (Lipinski definition) is 1. The minimum atomic E-state index is -2.25. The summed E-state index contributed by atoms with van der Waals surface area (Å²) in [6, 6.07) is 0. The highest BCUT2D eigenvalue weighted by molar-refractivity contribution is 5.83. The summed E-state index contributed by atoms with van der Waals surface area (Å²) < 4.78 is 13.7. The molecule has 1 heterocycles. The fourth-order valence-corrected chi connectivity index (χ4v) is 2.21. The Labute approximate surface area is 92.7 Å². The van der Waals surface area contributed by atoms with Crippen LogP contribution in [-0.4, -0.2) is 40.6 Å². The van der Waals surface area contributed by atoms with Crippen LogP contribution in [0.2, 0.25) is 0 Å². The maximum atomic E-state index is 13.7. The number of carbonyl (C=O) groups is 2. The first kappa shape index (κ1) is 11.1. The molecule has 1 fully saturated rings. The van der Waals surface area contributed by atoms with E-state index in [0.29, 0.717) is 12.8 Å². The molecule has 0 bridgehead atoms. The maximum Gasteiger partial charge on any atom is 0.343 e. The number of amides is 1. The number of alkyl halides is 1. The summed E-state index contributed by atoms with van der Waals surface area (Å²) in [6.07, 6.45) is 5.12. The minimum absolute atomic E-state index is 0.103. The second kappa shape index (κ2) is 3.88. The van der Waals surface area contributed by atoms with Crippen molar-refractivity contribution in [3.63, 3.8) is 0 Å². The second-order valence-corrected chi connectivity index (χ2v) is 4.42. The lowest BCUT2D eigenvalue weighted by atomic mass is 10.1. The summed E-state index contributed by atoms with van der Waals surface area (Å²) in [5.74, 6) is -1.70. The van der Waals surface area contributed by atoms with E-state index in [1.54, 1.807) is 0 Å². The number of carboxylic acid groups (broad SMARTS) is 1. The van der Waals surface area contributed by atoms with Gasteiger partial charge in [-0.15, -0.1) is 0 Å². The molecule has 4 nitrogen and oxygen atoms in total. The van der Waals surface area contributed by atoms with Crippen molar-refractivity contribution in [2.24, 2.45) is 5.92 Å². The maximum absolute atomic E-state index is 13.7. The molecule has 1 atom stereocenters. The van der Waals surface area contributed by atoms with Crippen molar-refractivity contribution in [2.75, 3.05) is 13.1 Å². The Hall–Kier alpha value is -1.39. The van der Waals surface area contributed by atoms with Gasteiger partial charge in [0.15, 0.2) is 0 Å². The van der Waals surface area contributed by atoms with E-state index in [4.69, 9.17) is 5.11 Å². The number of carbonyl (C=O) groups excluding carboxylic acids is 1. The SMILES string of the molecule is O=C(C1CC=CC1)N1CC[C@@](F)(C(=O)O)C1.